The monoisotopic (exact) mass is 269 g/mol. The summed E-state index contributed by atoms with van der Waals surface area (Å²) in [7, 11) is 0. The van der Waals surface area contributed by atoms with Gasteiger partial charge in [0.15, 0.2) is 0 Å². The SMILES string of the molecule is O=C(O)NCCC=Cc1ccccc1Br. The number of hydrogen-bond donors (Lipinski definition) is 2. The van der Waals surface area contributed by atoms with Gasteiger partial charge in [0.25, 0.3) is 0 Å². The number of halogens is 1. The summed E-state index contributed by atoms with van der Waals surface area (Å²) >= 11 is 3.43. The van der Waals surface area contributed by atoms with Gasteiger partial charge in [-0.3, -0.25) is 0 Å². The third kappa shape index (κ3) is 4.65. The highest BCUT2D eigenvalue weighted by molar-refractivity contribution is 9.10. The van der Waals surface area contributed by atoms with Crippen LogP contribution in [0.2, 0.25) is 0 Å². The third-order valence-electron chi connectivity index (χ3n) is 1.79. The Bertz CT molecular complexity index is 363. The predicted molar refractivity (Wildman–Crippen MR) is 63.8 cm³/mol. The van der Waals surface area contributed by atoms with Crippen molar-refractivity contribution in [3.63, 3.8) is 0 Å². The highest BCUT2D eigenvalue weighted by atomic mass is 79.9. The maximum atomic E-state index is 10.1. The Hall–Kier alpha value is -1.29. The van der Waals surface area contributed by atoms with Crippen LogP contribution in [0.3, 0.4) is 0 Å². The molecule has 0 aliphatic rings. The normalized spacial score (nSPS) is 10.5. The molecule has 0 bridgehead atoms. The first-order valence-corrected chi connectivity index (χ1v) is 5.37. The average molecular weight is 270 g/mol. The molecule has 2 N–H and O–H groups in total. The number of hydrogen-bond acceptors (Lipinski definition) is 1. The molecule has 4 heteroatoms. The number of nitrogens with one attached hydrogen (secondary N) is 1. The van der Waals surface area contributed by atoms with Crippen molar-refractivity contribution in [2.45, 2.75) is 6.42 Å². The topological polar surface area (TPSA) is 49.3 Å². The summed E-state index contributed by atoms with van der Waals surface area (Å²) in [6, 6.07) is 7.87. The summed E-state index contributed by atoms with van der Waals surface area (Å²) in [6.07, 6.45) is 3.61. The van der Waals surface area contributed by atoms with Gasteiger partial charge in [-0.25, -0.2) is 4.79 Å². The molecule has 1 rings (SSSR count). The minimum Gasteiger partial charge on any atom is -0.465 e. The van der Waals surface area contributed by atoms with Crippen LogP contribution >= 0.6 is 15.9 Å². The molecule has 15 heavy (non-hydrogen) atoms. The van der Waals surface area contributed by atoms with E-state index in [0.29, 0.717) is 13.0 Å². The minimum atomic E-state index is -0.982. The molecule has 0 saturated carbocycles. The van der Waals surface area contributed by atoms with Crippen molar-refractivity contribution < 1.29 is 9.90 Å². The van der Waals surface area contributed by atoms with Gasteiger partial charge < -0.3 is 10.4 Å². The van der Waals surface area contributed by atoms with Crippen molar-refractivity contribution in [2.24, 2.45) is 0 Å². The fourth-order valence-electron chi connectivity index (χ4n) is 1.08. The lowest BCUT2D eigenvalue weighted by Gasteiger charge is -1.97. The lowest BCUT2D eigenvalue weighted by Crippen LogP contribution is -2.21. The molecule has 0 aromatic heterocycles. The van der Waals surface area contributed by atoms with Gasteiger partial charge in [0.05, 0.1) is 0 Å². The zero-order chi connectivity index (χ0) is 11.1. The number of benzene rings is 1. The van der Waals surface area contributed by atoms with E-state index in [1.54, 1.807) is 0 Å². The number of carboxylic acid groups (broad SMARTS) is 1. The third-order valence-corrected chi connectivity index (χ3v) is 2.51. The quantitative estimate of drug-likeness (QED) is 0.826. The molecular weight excluding hydrogens is 258 g/mol. The van der Waals surface area contributed by atoms with Crippen LogP contribution in [0.25, 0.3) is 6.08 Å². The number of carbonyl (C=O) groups is 1. The summed E-state index contributed by atoms with van der Waals surface area (Å²) in [5, 5.41) is 10.6. The van der Waals surface area contributed by atoms with Gasteiger partial charge in [0.1, 0.15) is 0 Å². The summed E-state index contributed by atoms with van der Waals surface area (Å²) in [4.78, 5) is 10.1. The molecule has 0 spiro atoms. The van der Waals surface area contributed by atoms with Crippen molar-refractivity contribution >= 4 is 28.1 Å². The minimum absolute atomic E-state index is 0.441. The molecule has 0 aliphatic carbocycles. The molecule has 0 atom stereocenters. The molecule has 1 aromatic rings. The van der Waals surface area contributed by atoms with Gasteiger partial charge in [-0.15, -0.1) is 0 Å². The van der Waals surface area contributed by atoms with Crippen molar-refractivity contribution in [1.29, 1.82) is 0 Å². The molecule has 0 unspecified atom stereocenters. The predicted octanol–water partition coefficient (Wildman–Crippen LogP) is 3.12. The van der Waals surface area contributed by atoms with Crippen LogP contribution in [-0.2, 0) is 0 Å². The maximum absolute atomic E-state index is 10.1. The van der Waals surface area contributed by atoms with Crippen molar-refractivity contribution in [1.82, 2.24) is 5.32 Å². The number of rotatable bonds is 4. The zero-order valence-corrected chi connectivity index (χ0v) is 9.70. The Morgan fingerprint density at radius 3 is 2.87 bits per heavy atom. The van der Waals surface area contributed by atoms with Gasteiger partial charge in [0.2, 0.25) is 0 Å². The lowest BCUT2D eigenvalue weighted by atomic mass is 10.2. The van der Waals surface area contributed by atoms with Crippen LogP contribution in [-0.4, -0.2) is 17.7 Å². The van der Waals surface area contributed by atoms with E-state index in [9.17, 15) is 4.79 Å². The van der Waals surface area contributed by atoms with Gasteiger partial charge in [-0.05, 0) is 18.1 Å². The smallest absolute Gasteiger partial charge is 0.404 e. The summed E-state index contributed by atoms with van der Waals surface area (Å²) in [5.41, 5.74) is 1.09. The van der Waals surface area contributed by atoms with E-state index < -0.39 is 6.09 Å². The van der Waals surface area contributed by atoms with Crippen LogP contribution in [0.5, 0.6) is 0 Å². The molecule has 1 aromatic carbocycles. The van der Waals surface area contributed by atoms with E-state index in [-0.39, 0.29) is 0 Å². The van der Waals surface area contributed by atoms with Crippen LogP contribution in [0.15, 0.2) is 34.8 Å². The van der Waals surface area contributed by atoms with Crippen LogP contribution in [0.1, 0.15) is 12.0 Å². The van der Waals surface area contributed by atoms with E-state index in [4.69, 9.17) is 5.11 Å². The molecular formula is C11H12BrNO2. The van der Waals surface area contributed by atoms with Gasteiger partial charge in [-0.2, -0.15) is 0 Å². The Morgan fingerprint density at radius 2 is 2.20 bits per heavy atom. The van der Waals surface area contributed by atoms with Crippen LogP contribution in [0, 0.1) is 0 Å². The standard InChI is InChI=1S/C11H12BrNO2/c12-10-7-2-1-5-9(10)6-3-4-8-13-11(14)15/h1-3,5-7,13H,4,8H2,(H,14,15). The molecule has 0 heterocycles. The van der Waals surface area contributed by atoms with Crippen LogP contribution < -0.4 is 5.32 Å². The molecule has 0 saturated heterocycles. The highest BCUT2D eigenvalue weighted by Crippen LogP contribution is 2.17. The van der Waals surface area contributed by atoms with Gasteiger partial charge in [-0.1, -0.05) is 46.3 Å². The lowest BCUT2D eigenvalue weighted by molar-refractivity contribution is 0.194. The first-order chi connectivity index (χ1) is 7.20. The fraction of sp³-hybridized carbons (Fsp3) is 0.182. The molecule has 3 nitrogen and oxygen atoms in total. The first kappa shape index (κ1) is 11.8. The van der Waals surface area contributed by atoms with Gasteiger partial charge in [0, 0.05) is 11.0 Å². The van der Waals surface area contributed by atoms with Crippen molar-refractivity contribution in [3.05, 3.63) is 40.4 Å². The summed E-state index contributed by atoms with van der Waals surface area (Å²) < 4.78 is 1.03. The van der Waals surface area contributed by atoms with Gasteiger partial charge >= 0.3 is 6.09 Å². The van der Waals surface area contributed by atoms with E-state index in [1.807, 2.05) is 36.4 Å². The molecule has 1 amide bonds. The van der Waals surface area contributed by atoms with E-state index in [1.165, 1.54) is 0 Å². The van der Waals surface area contributed by atoms with E-state index >= 15 is 0 Å². The van der Waals surface area contributed by atoms with E-state index in [0.717, 1.165) is 10.0 Å². The largest absolute Gasteiger partial charge is 0.465 e. The zero-order valence-electron chi connectivity index (χ0n) is 8.11. The summed E-state index contributed by atoms with van der Waals surface area (Å²) in [6.45, 7) is 0.441. The Morgan fingerprint density at radius 1 is 1.47 bits per heavy atom. The first-order valence-electron chi connectivity index (χ1n) is 4.58. The molecule has 80 valence electrons. The van der Waals surface area contributed by atoms with E-state index in [2.05, 4.69) is 21.2 Å². The van der Waals surface area contributed by atoms with Crippen molar-refractivity contribution in [3.8, 4) is 0 Å². The Balaban J connectivity index is 2.38. The fourth-order valence-corrected chi connectivity index (χ4v) is 1.50. The second-order valence-corrected chi connectivity index (χ2v) is 3.80. The van der Waals surface area contributed by atoms with Crippen molar-refractivity contribution in [2.75, 3.05) is 6.54 Å². The Kier molecular flexibility index (Phi) is 4.90. The Labute approximate surface area is 96.9 Å². The highest BCUT2D eigenvalue weighted by Gasteiger charge is 1.93. The van der Waals surface area contributed by atoms with Crippen LogP contribution in [0.4, 0.5) is 4.79 Å². The molecule has 0 aliphatic heterocycles. The molecule has 0 fully saturated rings. The molecule has 0 radical (unpaired) electrons. The number of amides is 1. The maximum Gasteiger partial charge on any atom is 0.404 e. The summed E-state index contributed by atoms with van der Waals surface area (Å²) in [5.74, 6) is 0. The second kappa shape index (κ2) is 6.24. The second-order valence-electron chi connectivity index (χ2n) is 2.94. The average Bonchev–Trinajstić information content (AvgIpc) is 2.20.